The number of fused-ring (bicyclic) bond motifs is 2. The number of rotatable bonds is 7. The summed E-state index contributed by atoms with van der Waals surface area (Å²) in [5, 5.41) is 16.6. The molecule has 0 aliphatic heterocycles. The normalized spacial score (nSPS) is 12.5. The lowest BCUT2D eigenvalue weighted by Crippen LogP contribution is -2.15. The van der Waals surface area contributed by atoms with Crippen molar-refractivity contribution in [1.29, 1.82) is 0 Å². The molecule has 0 aliphatic rings. The van der Waals surface area contributed by atoms with Crippen LogP contribution in [-0.2, 0) is 0 Å². The first-order valence-electron chi connectivity index (χ1n) is 10.2. The van der Waals surface area contributed by atoms with E-state index in [1.165, 1.54) is 0 Å². The van der Waals surface area contributed by atoms with Gasteiger partial charge < -0.3 is 20.1 Å². The first-order chi connectivity index (χ1) is 14.9. The van der Waals surface area contributed by atoms with E-state index in [1.54, 1.807) is 7.11 Å². The lowest BCUT2D eigenvalue weighted by molar-refractivity contribution is 0.154. The Bertz CT molecular complexity index is 1210. The number of halogens is 1. The molecule has 4 rings (SSSR count). The molecule has 31 heavy (non-hydrogen) atoms. The van der Waals surface area contributed by atoms with Crippen LogP contribution in [0.3, 0.4) is 0 Å². The van der Waals surface area contributed by atoms with Gasteiger partial charge in [-0.3, -0.25) is 0 Å². The number of hydrogen-bond acceptors (Lipinski definition) is 5. The number of aliphatic hydroxyl groups is 1. The second-order valence-corrected chi connectivity index (χ2v) is 8.32. The van der Waals surface area contributed by atoms with Crippen molar-refractivity contribution in [3.05, 3.63) is 71.2 Å². The number of nitrogens with one attached hydrogen (secondary N) is 1. The van der Waals surface area contributed by atoms with Crippen molar-refractivity contribution in [2.75, 3.05) is 33.1 Å². The van der Waals surface area contributed by atoms with Crippen molar-refractivity contribution < 1.29 is 9.84 Å². The molecule has 1 heterocycles. The summed E-state index contributed by atoms with van der Waals surface area (Å²) < 4.78 is 5.43. The molecule has 0 amide bonds. The number of ether oxygens (including phenoxy) is 1. The van der Waals surface area contributed by atoms with Gasteiger partial charge in [-0.25, -0.2) is 4.98 Å². The molecule has 1 atom stereocenters. The van der Waals surface area contributed by atoms with Gasteiger partial charge in [-0.2, -0.15) is 0 Å². The Morgan fingerprint density at radius 1 is 1.00 bits per heavy atom. The first kappa shape index (κ1) is 21.4. The maximum Gasteiger partial charge on any atom is 0.119 e. The molecule has 0 saturated carbocycles. The summed E-state index contributed by atoms with van der Waals surface area (Å²) >= 11 is 6.22. The third-order valence-corrected chi connectivity index (χ3v) is 5.59. The SMILES string of the molecule is COc1ccc2nc3cc(Cl)ccc3c(Nc3ccc([C@H](O)CCN(C)C)cc3)c2c1. The van der Waals surface area contributed by atoms with Gasteiger partial charge in [-0.15, -0.1) is 0 Å². The van der Waals surface area contributed by atoms with E-state index in [4.69, 9.17) is 21.3 Å². The van der Waals surface area contributed by atoms with Crippen LogP contribution in [0.15, 0.2) is 60.7 Å². The molecule has 0 unspecified atom stereocenters. The van der Waals surface area contributed by atoms with Crippen LogP contribution in [0.1, 0.15) is 18.1 Å². The highest BCUT2D eigenvalue weighted by atomic mass is 35.5. The van der Waals surface area contributed by atoms with Gasteiger partial charge in [0.15, 0.2) is 0 Å². The summed E-state index contributed by atoms with van der Waals surface area (Å²) in [5.74, 6) is 0.769. The summed E-state index contributed by atoms with van der Waals surface area (Å²) in [7, 11) is 5.67. The minimum atomic E-state index is -0.481. The van der Waals surface area contributed by atoms with Gasteiger partial charge in [-0.05, 0) is 74.6 Å². The van der Waals surface area contributed by atoms with Crippen molar-refractivity contribution in [2.45, 2.75) is 12.5 Å². The van der Waals surface area contributed by atoms with E-state index in [2.05, 4.69) is 10.2 Å². The molecule has 3 aromatic carbocycles. The zero-order valence-corrected chi connectivity index (χ0v) is 18.6. The van der Waals surface area contributed by atoms with E-state index < -0.39 is 6.10 Å². The fourth-order valence-corrected chi connectivity index (χ4v) is 3.80. The molecule has 0 bridgehead atoms. The van der Waals surface area contributed by atoms with E-state index in [9.17, 15) is 5.11 Å². The number of nitrogens with zero attached hydrogens (tertiary/aromatic N) is 2. The van der Waals surface area contributed by atoms with E-state index >= 15 is 0 Å². The Balaban J connectivity index is 1.72. The first-order valence-corrected chi connectivity index (χ1v) is 10.6. The van der Waals surface area contributed by atoms with Gasteiger partial charge in [0.1, 0.15) is 5.75 Å². The zero-order valence-electron chi connectivity index (χ0n) is 17.9. The van der Waals surface area contributed by atoms with Crippen LogP contribution in [0, 0.1) is 0 Å². The van der Waals surface area contributed by atoms with Crippen molar-refractivity contribution in [1.82, 2.24) is 9.88 Å². The molecular weight excluding hydrogens is 410 g/mol. The Morgan fingerprint density at radius 2 is 1.77 bits per heavy atom. The maximum atomic E-state index is 10.4. The minimum Gasteiger partial charge on any atom is -0.497 e. The number of methoxy groups -OCH3 is 1. The topological polar surface area (TPSA) is 57.6 Å². The number of pyridine rings is 1. The van der Waals surface area contributed by atoms with E-state index in [-0.39, 0.29) is 0 Å². The molecule has 1 aromatic heterocycles. The predicted molar refractivity (Wildman–Crippen MR) is 129 cm³/mol. The van der Waals surface area contributed by atoms with Crippen molar-refractivity contribution in [2.24, 2.45) is 0 Å². The molecule has 4 aromatic rings. The van der Waals surface area contributed by atoms with Crippen molar-refractivity contribution >= 4 is 44.8 Å². The average Bonchev–Trinajstić information content (AvgIpc) is 2.77. The third kappa shape index (κ3) is 4.74. The smallest absolute Gasteiger partial charge is 0.119 e. The average molecular weight is 436 g/mol. The quantitative estimate of drug-likeness (QED) is 0.360. The second-order valence-electron chi connectivity index (χ2n) is 7.89. The largest absolute Gasteiger partial charge is 0.497 e. The number of benzene rings is 3. The molecule has 0 fully saturated rings. The standard InChI is InChI=1S/C25H26ClN3O2/c1-29(2)13-12-24(30)16-4-7-18(8-5-16)27-25-20-10-6-17(26)14-23(20)28-22-11-9-19(31-3)15-21(22)25/h4-11,14-15,24,30H,12-13H2,1-3H3,(H,27,28)/t24-/m1/s1. The fraction of sp³-hybridized carbons (Fsp3) is 0.240. The lowest BCUT2D eigenvalue weighted by atomic mass is 10.0. The number of anilines is 2. The van der Waals surface area contributed by atoms with Crippen LogP contribution in [0.25, 0.3) is 21.8 Å². The molecule has 6 heteroatoms. The maximum absolute atomic E-state index is 10.4. The monoisotopic (exact) mass is 435 g/mol. The highest BCUT2D eigenvalue weighted by Gasteiger charge is 2.12. The van der Waals surface area contributed by atoms with Crippen molar-refractivity contribution in [3.63, 3.8) is 0 Å². The number of aliphatic hydroxyl groups excluding tert-OH is 1. The lowest BCUT2D eigenvalue weighted by Gasteiger charge is -2.17. The second kappa shape index (κ2) is 9.10. The van der Waals surface area contributed by atoms with E-state index in [1.807, 2.05) is 74.8 Å². The van der Waals surface area contributed by atoms with Gasteiger partial charge in [-0.1, -0.05) is 23.7 Å². The minimum absolute atomic E-state index is 0.481. The summed E-state index contributed by atoms with van der Waals surface area (Å²) in [6.07, 6.45) is 0.213. The Hall–Kier alpha value is -2.86. The van der Waals surface area contributed by atoms with Gasteiger partial charge in [0, 0.05) is 28.0 Å². The van der Waals surface area contributed by atoms with Crippen molar-refractivity contribution in [3.8, 4) is 5.75 Å². The number of hydrogen-bond donors (Lipinski definition) is 2. The summed E-state index contributed by atoms with van der Waals surface area (Å²) in [5.41, 5.74) is 4.45. The van der Waals surface area contributed by atoms with Gasteiger partial charge >= 0.3 is 0 Å². The third-order valence-electron chi connectivity index (χ3n) is 5.36. The van der Waals surface area contributed by atoms with Crippen LogP contribution in [0.4, 0.5) is 11.4 Å². The molecule has 2 N–H and O–H groups in total. The van der Waals surface area contributed by atoms with Crippen LogP contribution in [0.2, 0.25) is 5.02 Å². The van der Waals surface area contributed by atoms with Gasteiger partial charge in [0.05, 0.1) is 29.9 Å². The molecule has 5 nitrogen and oxygen atoms in total. The Morgan fingerprint density at radius 3 is 2.48 bits per heavy atom. The highest BCUT2D eigenvalue weighted by Crippen LogP contribution is 2.36. The van der Waals surface area contributed by atoms with E-state index in [0.717, 1.165) is 51.0 Å². The zero-order chi connectivity index (χ0) is 22.0. The predicted octanol–water partition coefficient (Wildman–Crippen LogP) is 5.78. The molecule has 0 saturated heterocycles. The van der Waals surface area contributed by atoms with Crippen LogP contribution < -0.4 is 10.1 Å². The Labute approximate surface area is 187 Å². The Kier molecular flexibility index (Phi) is 6.28. The molecular formula is C25H26ClN3O2. The summed E-state index contributed by atoms with van der Waals surface area (Å²) in [4.78, 5) is 6.84. The van der Waals surface area contributed by atoms with E-state index in [0.29, 0.717) is 11.4 Å². The number of aromatic nitrogens is 1. The van der Waals surface area contributed by atoms with Crippen LogP contribution in [0.5, 0.6) is 5.75 Å². The fourth-order valence-electron chi connectivity index (χ4n) is 3.64. The van der Waals surface area contributed by atoms with Crippen LogP contribution in [-0.4, -0.2) is 42.7 Å². The molecule has 0 aliphatic carbocycles. The molecule has 0 radical (unpaired) electrons. The van der Waals surface area contributed by atoms with Crippen LogP contribution >= 0.6 is 11.6 Å². The van der Waals surface area contributed by atoms with Gasteiger partial charge in [0.2, 0.25) is 0 Å². The summed E-state index contributed by atoms with van der Waals surface area (Å²) in [6.45, 7) is 0.834. The molecule has 0 spiro atoms. The van der Waals surface area contributed by atoms with Gasteiger partial charge in [0.25, 0.3) is 0 Å². The highest BCUT2D eigenvalue weighted by molar-refractivity contribution is 6.31. The molecule has 160 valence electrons. The summed E-state index contributed by atoms with van der Waals surface area (Å²) in [6, 6.07) is 19.5.